The Kier molecular flexibility index (Phi) is 10.7. The highest BCUT2D eigenvalue weighted by Gasteiger charge is 2.57. The van der Waals surface area contributed by atoms with Crippen molar-refractivity contribution >= 4 is 52.0 Å². The molecule has 3 fully saturated rings. The first-order valence-corrected chi connectivity index (χ1v) is 24.3. The minimum Gasteiger partial charge on any atom is -0.408 e. The van der Waals surface area contributed by atoms with Crippen LogP contribution in [0.1, 0.15) is 45.2 Å². The minimum atomic E-state index is -5.16. The molecule has 0 aliphatic carbocycles. The summed E-state index contributed by atoms with van der Waals surface area (Å²) in [6, 6.07) is 0. The third kappa shape index (κ3) is 7.56. The van der Waals surface area contributed by atoms with Crippen molar-refractivity contribution in [1.82, 2.24) is 33.6 Å². The van der Waals surface area contributed by atoms with Crippen LogP contribution in [0.5, 0.6) is 0 Å². The number of rotatable bonds is 6. The summed E-state index contributed by atoms with van der Waals surface area (Å²) in [6.45, 7) is 8.50. The van der Waals surface area contributed by atoms with E-state index in [0.29, 0.717) is 29.8 Å². The van der Waals surface area contributed by atoms with Crippen molar-refractivity contribution in [3.8, 4) is 0 Å². The zero-order chi connectivity index (χ0) is 40.7. The van der Waals surface area contributed by atoms with E-state index in [0.717, 1.165) is 12.0 Å². The fraction of sp³-hybridized carbons (Fsp3) is 0.656. The largest absolute Gasteiger partial charge is 0.472 e. The molecule has 21 nitrogen and oxygen atoms in total. The lowest BCUT2D eigenvalue weighted by Gasteiger charge is -2.40. The number of aliphatic hydroxyl groups is 1. The number of fused-ring (bicyclic) bond motifs is 4. The predicted molar refractivity (Wildman–Crippen MR) is 199 cm³/mol. The zero-order valence-corrected chi connectivity index (χ0v) is 34.5. The van der Waals surface area contributed by atoms with Crippen molar-refractivity contribution in [2.24, 2.45) is 0 Å². The Morgan fingerprint density at radius 3 is 2.39 bits per heavy atom. The number of halogens is 1. The van der Waals surface area contributed by atoms with Gasteiger partial charge in [0.15, 0.2) is 38.1 Å². The van der Waals surface area contributed by atoms with Gasteiger partial charge in [-0.25, -0.2) is 33.5 Å². The molecular formula is C32H45FN8O13P2Si. The molecule has 10 atom stereocenters. The first-order chi connectivity index (χ1) is 26.9. The number of phosphoric ester groups is 2. The number of alkyl halides is 1. The highest BCUT2D eigenvalue weighted by atomic mass is 31.2. The molecule has 2 unspecified atom stereocenters. The number of aromatic nitrogens is 7. The van der Waals surface area contributed by atoms with Gasteiger partial charge in [0, 0.05) is 12.7 Å². The molecule has 312 valence electrons. The molecule has 0 spiro atoms. The maximum Gasteiger partial charge on any atom is 0.472 e. The van der Waals surface area contributed by atoms with E-state index in [2.05, 4.69) is 25.3 Å². The molecule has 0 aromatic carbocycles. The smallest absolute Gasteiger partial charge is 0.408 e. The van der Waals surface area contributed by atoms with Gasteiger partial charge in [0.05, 0.1) is 38.1 Å². The van der Waals surface area contributed by atoms with E-state index in [1.807, 2.05) is 33.9 Å². The van der Waals surface area contributed by atoms with Crippen LogP contribution in [0.25, 0.3) is 22.2 Å². The van der Waals surface area contributed by atoms with Gasteiger partial charge < -0.3 is 38.7 Å². The van der Waals surface area contributed by atoms with E-state index in [1.54, 1.807) is 6.20 Å². The first kappa shape index (κ1) is 40.7. The lowest BCUT2D eigenvalue weighted by atomic mass is 10.1. The predicted octanol–water partition coefficient (Wildman–Crippen LogP) is 2.93. The Morgan fingerprint density at radius 2 is 1.67 bits per heavy atom. The van der Waals surface area contributed by atoms with Gasteiger partial charge in [-0.1, -0.05) is 20.8 Å². The number of phosphoric acid groups is 2. The maximum atomic E-state index is 16.6. The second-order valence-corrected chi connectivity index (χ2v) is 23.5. The number of hydrogen-bond acceptors (Lipinski definition) is 16. The summed E-state index contributed by atoms with van der Waals surface area (Å²) in [5.74, 6) is 0.567. The number of ether oxygens (including phenoxy) is 2. The van der Waals surface area contributed by atoms with Crippen LogP contribution in [0.2, 0.25) is 18.1 Å². The maximum absolute atomic E-state index is 16.6. The lowest BCUT2D eigenvalue weighted by molar-refractivity contribution is -0.0670. The van der Waals surface area contributed by atoms with Gasteiger partial charge in [-0.05, 0) is 36.5 Å². The summed E-state index contributed by atoms with van der Waals surface area (Å²) >= 11 is 0. The van der Waals surface area contributed by atoms with E-state index < -0.39 is 96.9 Å². The molecule has 2 bridgehead atoms. The molecule has 4 N–H and O–H groups in total. The van der Waals surface area contributed by atoms with Crippen molar-refractivity contribution in [3.63, 3.8) is 0 Å². The van der Waals surface area contributed by atoms with Crippen LogP contribution in [-0.4, -0.2) is 120 Å². The highest BCUT2D eigenvalue weighted by molar-refractivity contribution is 7.47. The molecule has 57 heavy (non-hydrogen) atoms. The number of nitrogens with one attached hydrogen (secondary N) is 1. The van der Waals surface area contributed by atoms with Crippen LogP contribution in [0.3, 0.4) is 0 Å². The topological polar surface area (TPSA) is 255 Å². The first-order valence-electron chi connectivity index (χ1n) is 18.4. The fourth-order valence-electron chi connectivity index (χ4n) is 7.28. The second kappa shape index (κ2) is 14.9. The Bertz CT molecular complexity index is 2320. The van der Waals surface area contributed by atoms with Crippen molar-refractivity contribution in [1.29, 1.82) is 0 Å². The normalized spacial score (nSPS) is 34.0. The van der Waals surface area contributed by atoms with Crippen molar-refractivity contribution in [2.45, 2.75) is 107 Å². The summed E-state index contributed by atoms with van der Waals surface area (Å²) in [4.78, 5) is 52.9. The average Bonchev–Trinajstić information content (AvgIpc) is 3.85. The van der Waals surface area contributed by atoms with Gasteiger partial charge in [-0.15, -0.1) is 0 Å². The van der Waals surface area contributed by atoms with Crippen LogP contribution >= 0.6 is 15.6 Å². The number of imidazole rings is 1. The number of aryl methyl sites for hydroxylation is 1. The highest BCUT2D eigenvalue weighted by Crippen LogP contribution is 2.55. The van der Waals surface area contributed by atoms with Crippen LogP contribution in [0, 0.1) is 0 Å². The van der Waals surface area contributed by atoms with Gasteiger partial charge in [0.2, 0.25) is 0 Å². The SMILES string of the molecule is CC(C)(C)[Si](C)(C)O[C@H]1[C@H]2OP(=O)(O)OC[C@H]3O[C@@H](n4cc5c6c(ncnc64)NCCC5)[C@H](F)[C@@H]3OP(=O)(O)OC[C@H]1O[C@H]2n1cnc2c(=O)n(CCO)cnc21. The molecule has 0 saturated carbocycles. The van der Waals surface area contributed by atoms with E-state index in [4.69, 9.17) is 32.0 Å². The summed E-state index contributed by atoms with van der Waals surface area (Å²) in [7, 11) is -13.1. The molecule has 4 aromatic rings. The second-order valence-electron chi connectivity index (χ2n) is 15.9. The third-order valence-corrected chi connectivity index (χ3v) is 17.6. The number of aliphatic hydroxyl groups excluding tert-OH is 1. The lowest BCUT2D eigenvalue weighted by Crippen LogP contribution is -2.50. The Morgan fingerprint density at radius 1 is 0.965 bits per heavy atom. The molecule has 3 saturated heterocycles. The van der Waals surface area contributed by atoms with E-state index in [1.165, 1.54) is 32.7 Å². The van der Waals surface area contributed by atoms with Crippen molar-refractivity contribution in [3.05, 3.63) is 41.1 Å². The van der Waals surface area contributed by atoms with Crippen LogP contribution in [-0.2, 0) is 54.1 Å². The van der Waals surface area contributed by atoms with E-state index in [-0.39, 0.29) is 24.3 Å². The van der Waals surface area contributed by atoms with Gasteiger partial charge in [0.25, 0.3) is 5.56 Å². The number of nitrogens with zero attached hydrogens (tertiary/aromatic N) is 7. The quantitative estimate of drug-likeness (QED) is 0.161. The molecule has 0 radical (unpaired) electrons. The fourth-order valence-corrected chi connectivity index (χ4v) is 10.5. The van der Waals surface area contributed by atoms with Crippen LogP contribution in [0.4, 0.5) is 10.2 Å². The molecule has 4 aromatic heterocycles. The molecule has 4 aliphatic heterocycles. The minimum absolute atomic E-state index is 0.00786. The van der Waals surface area contributed by atoms with Gasteiger partial charge in [0.1, 0.15) is 54.6 Å². The van der Waals surface area contributed by atoms with E-state index in [9.17, 15) is 28.8 Å². The molecular weight excluding hydrogens is 813 g/mol. The Hall–Kier alpha value is -3.02. The van der Waals surface area contributed by atoms with Crippen molar-refractivity contribution < 1.29 is 60.4 Å². The van der Waals surface area contributed by atoms with Crippen molar-refractivity contribution in [2.75, 3.05) is 31.7 Å². The average molecular weight is 859 g/mol. The Balaban J connectivity index is 1.15. The summed E-state index contributed by atoms with van der Waals surface area (Å²) in [5, 5.41) is 12.9. The van der Waals surface area contributed by atoms with Gasteiger partial charge in [-0.3, -0.25) is 32.0 Å². The molecule has 4 aliphatic rings. The molecule has 8 rings (SSSR count). The number of anilines is 1. The van der Waals surface area contributed by atoms with Crippen LogP contribution < -0.4 is 10.9 Å². The molecule has 0 amide bonds. The standard InChI is InChI=1S/C32H45FN8O13P2Si/c1-32(2,3)57(4,5)54-24-19-13-49-55(44,45)52-23-18(50-30(21(23)33)40-11-17-7-6-8-34-26-20(17)27(40)36-14-35-26)12-48-56(46,47)53-25(24)31(51-19)41-16-37-22-28(41)38-15-39(9-10-42)29(22)43/h11,14-16,18-19,21,23-25,30-31,42H,6-10,12-13H2,1-5H3,(H,44,45)(H,46,47)(H,34,35,36)/t18-,19-,21-,23-,24-,25-,30-,31-/m1/s1. The summed E-state index contributed by atoms with van der Waals surface area (Å²) in [6.07, 6.45) is -5.53. The van der Waals surface area contributed by atoms with Gasteiger partial charge in [-0.2, -0.15) is 0 Å². The summed E-state index contributed by atoms with van der Waals surface area (Å²) < 4.78 is 89.7. The van der Waals surface area contributed by atoms with Gasteiger partial charge >= 0.3 is 15.6 Å². The number of hydrogen-bond donors (Lipinski definition) is 4. The zero-order valence-electron chi connectivity index (χ0n) is 31.7. The molecule has 8 heterocycles. The summed E-state index contributed by atoms with van der Waals surface area (Å²) in [5.41, 5.74) is 0.517. The molecule has 25 heteroatoms. The monoisotopic (exact) mass is 858 g/mol. The van der Waals surface area contributed by atoms with Crippen LogP contribution in [0.15, 0.2) is 30.0 Å². The Labute approximate surface area is 325 Å². The van der Waals surface area contributed by atoms with E-state index >= 15 is 4.39 Å². The third-order valence-electron chi connectivity index (χ3n) is 11.1.